The number of fused-ring (bicyclic) bond motifs is 1. The molecule has 0 saturated heterocycles. The lowest BCUT2D eigenvalue weighted by atomic mass is 10.0. The minimum atomic E-state index is -0.497. The van der Waals surface area contributed by atoms with Gasteiger partial charge in [0.05, 0.1) is 5.69 Å². The number of amides is 2. The third-order valence-electron chi connectivity index (χ3n) is 4.10. The largest absolute Gasteiger partial charge is 0.484 e. The molecule has 3 N–H and O–H groups in total. The highest BCUT2D eigenvalue weighted by atomic mass is 32.1. The Morgan fingerprint density at radius 3 is 2.56 bits per heavy atom. The molecule has 0 aliphatic heterocycles. The average molecular weight is 359 g/mol. The Hall–Kier alpha value is -2.41. The van der Waals surface area contributed by atoms with Crippen molar-refractivity contribution in [2.24, 2.45) is 5.73 Å². The van der Waals surface area contributed by atoms with Gasteiger partial charge >= 0.3 is 0 Å². The number of benzene rings is 1. The van der Waals surface area contributed by atoms with Crippen LogP contribution in [0.5, 0.6) is 5.75 Å². The van der Waals surface area contributed by atoms with Gasteiger partial charge in [0, 0.05) is 10.4 Å². The molecule has 1 aliphatic rings. The lowest BCUT2D eigenvalue weighted by molar-refractivity contribution is -0.118. The van der Waals surface area contributed by atoms with E-state index in [0.717, 1.165) is 25.0 Å². The van der Waals surface area contributed by atoms with E-state index >= 15 is 0 Å². The molecule has 3 rings (SSSR count). The molecule has 1 heterocycles. The molecule has 0 saturated carbocycles. The zero-order chi connectivity index (χ0) is 17.6. The number of carbonyl (C=O) groups is 2. The maximum absolute atomic E-state index is 12.1. The molecule has 0 unspecified atom stereocenters. The highest BCUT2D eigenvalue weighted by Crippen LogP contribution is 2.28. The molecule has 1 aromatic heterocycles. The summed E-state index contributed by atoms with van der Waals surface area (Å²) in [6.07, 6.45) is 6.90. The number of nitrogens with two attached hydrogens (primary N) is 1. The van der Waals surface area contributed by atoms with Crippen molar-refractivity contribution in [1.29, 1.82) is 0 Å². The number of ether oxygens (including phenoxy) is 1. The van der Waals surface area contributed by atoms with Crippen molar-refractivity contribution in [3.8, 4) is 5.75 Å². The zero-order valence-corrected chi connectivity index (χ0v) is 14.7. The standard InChI is InChI=1S/C18H21N3O3S/c19-17(23)12-7-9-13(10-8-12)24-11-16(22)21-18-20-14-5-3-1-2-4-6-15(14)25-18/h7-10H,1-6,11H2,(H2,19,23)(H,20,21,22). The summed E-state index contributed by atoms with van der Waals surface area (Å²) < 4.78 is 5.43. The van der Waals surface area contributed by atoms with Crippen molar-refractivity contribution >= 4 is 28.3 Å². The van der Waals surface area contributed by atoms with E-state index < -0.39 is 5.91 Å². The number of nitrogens with zero attached hydrogens (tertiary/aromatic N) is 1. The number of hydrogen-bond acceptors (Lipinski definition) is 5. The lowest BCUT2D eigenvalue weighted by Gasteiger charge is -2.06. The molecule has 6 nitrogen and oxygen atoms in total. The smallest absolute Gasteiger partial charge is 0.264 e. The summed E-state index contributed by atoms with van der Waals surface area (Å²) in [5.41, 5.74) is 6.71. The quantitative estimate of drug-likeness (QED) is 0.858. The number of hydrogen-bond donors (Lipinski definition) is 2. The Balaban J connectivity index is 1.54. The molecule has 0 radical (unpaired) electrons. The van der Waals surface area contributed by atoms with Crippen molar-refractivity contribution in [2.45, 2.75) is 38.5 Å². The highest BCUT2D eigenvalue weighted by Gasteiger charge is 2.15. The summed E-state index contributed by atoms with van der Waals surface area (Å²) in [6.45, 7) is -0.111. The van der Waals surface area contributed by atoms with Crippen molar-refractivity contribution in [3.05, 3.63) is 40.4 Å². The van der Waals surface area contributed by atoms with E-state index in [4.69, 9.17) is 10.5 Å². The van der Waals surface area contributed by atoms with Crippen LogP contribution in [0.1, 0.15) is 46.6 Å². The predicted octanol–water partition coefficient (Wildman–Crippen LogP) is 2.92. The number of anilines is 1. The summed E-state index contributed by atoms with van der Waals surface area (Å²) >= 11 is 1.56. The number of primary amides is 1. The summed E-state index contributed by atoms with van der Waals surface area (Å²) in [5.74, 6) is -0.240. The summed E-state index contributed by atoms with van der Waals surface area (Å²) in [5, 5.41) is 3.45. The average Bonchev–Trinajstić information content (AvgIpc) is 2.94. The number of rotatable bonds is 5. The van der Waals surface area contributed by atoms with E-state index in [1.807, 2.05) is 0 Å². The van der Waals surface area contributed by atoms with Gasteiger partial charge in [-0.2, -0.15) is 0 Å². The second kappa shape index (κ2) is 8.11. The molecule has 0 fully saturated rings. The first kappa shape index (κ1) is 17.4. The molecule has 2 aromatic rings. The topological polar surface area (TPSA) is 94.3 Å². The van der Waals surface area contributed by atoms with Crippen molar-refractivity contribution in [3.63, 3.8) is 0 Å². The Bertz CT molecular complexity index is 730. The van der Waals surface area contributed by atoms with Crippen LogP contribution in [0.25, 0.3) is 0 Å². The molecule has 0 atom stereocenters. The molecule has 1 aliphatic carbocycles. The fraction of sp³-hybridized carbons (Fsp3) is 0.389. The monoisotopic (exact) mass is 359 g/mol. The van der Waals surface area contributed by atoms with Crippen LogP contribution in [-0.2, 0) is 17.6 Å². The maximum Gasteiger partial charge on any atom is 0.264 e. The second-order valence-corrected chi connectivity index (χ2v) is 7.11. The molecular formula is C18H21N3O3S. The SMILES string of the molecule is NC(=O)c1ccc(OCC(=O)Nc2nc3c(s2)CCCCCC3)cc1. The van der Waals surface area contributed by atoms with Gasteiger partial charge in [-0.3, -0.25) is 14.9 Å². The Morgan fingerprint density at radius 2 is 1.84 bits per heavy atom. The molecule has 2 amide bonds. The third-order valence-corrected chi connectivity index (χ3v) is 5.17. The second-order valence-electron chi connectivity index (χ2n) is 6.03. The number of thiazole rings is 1. The number of nitrogens with one attached hydrogen (secondary N) is 1. The molecular weight excluding hydrogens is 338 g/mol. The molecule has 25 heavy (non-hydrogen) atoms. The summed E-state index contributed by atoms with van der Waals surface area (Å²) in [6, 6.07) is 6.36. The van der Waals surface area contributed by atoms with Crippen LogP contribution in [0.15, 0.2) is 24.3 Å². The van der Waals surface area contributed by atoms with Crippen molar-refractivity contribution < 1.29 is 14.3 Å². The number of aromatic nitrogens is 1. The van der Waals surface area contributed by atoms with Crippen LogP contribution in [0, 0.1) is 0 Å². The Morgan fingerprint density at radius 1 is 1.12 bits per heavy atom. The van der Waals surface area contributed by atoms with Gasteiger partial charge in [-0.15, -0.1) is 11.3 Å². The molecule has 0 bridgehead atoms. The van der Waals surface area contributed by atoms with Gasteiger partial charge in [-0.25, -0.2) is 4.98 Å². The van der Waals surface area contributed by atoms with Gasteiger partial charge in [0.1, 0.15) is 5.75 Å². The van der Waals surface area contributed by atoms with E-state index in [1.165, 1.54) is 24.1 Å². The first-order valence-corrected chi connectivity index (χ1v) is 9.24. The molecule has 0 spiro atoms. The van der Waals surface area contributed by atoms with Crippen LogP contribution < -0.4 is 15.8 Å². The van der Waals surface area contributed by atoms with Gasteiger partial charge in [0.15, 0.2) is 11.7 Å². The lowest BCUT2D eigenvalue weighted by Crippen LogP contribution is -2.20. The summed E-state index contributed by atoms with van der Waals surface area (Å²) in [7, 11) is 0. The van der Waals surface area contributed by atoms with Crippen molar-refractivity contribution in [2.75, 3.05) is 11.9 Å². The van der Waals surface area contributed by atoms with E-state index in [-0.39, 0.29) is 12.5 Å². The van der Waals surface area contributed by atoms with E-state index in [1.54, 1.807) is 35.6 Å². The third kappa shape index (κ3) is 4.79. The zero-order valence-electron chi connectivity index (χ0n) is 13.9. The van der Waals surface area contributed by atoms with Crippen LogP contribution in [0.4, 0.5) is 5.13 Å². The normalized spacial score (nSPS) is 14.1. The van der Waals surface area contributed by atoms with Gasteiger partial charge in [-0.05, 0) is 49.9 Å². The van der Waals surface area contributed by atoms with E-state index in [0.29, 0.717) is 16.4 Å². The van der Waals surface area contributed by atoms with Crippen LogP contribution in [0.3, 0.4) is 0 Å². The number of aryl methyl sites for hydroxylation is 2. The van der Waals surface area contributed by atoms with Gasteiger partial charge in [-0.1, -0.05) is 12.8 Å². The fourth-order valence-electron chi connectivity index (χ4n) is 2.78. The van der Waals surface area contributed by atoms with Crippen molar-refractivity contribution in [1.82, 2.24) is 4.98 Å². The maximum atomic E-state index is 12.1. The Kier molecular flexibility index (Phi) is 5.65. The minimum Gasteiger partial charge on any atom is -0.484 e. The predicted molar refractivity (Wildman–Crippen MR) is 97.1 cm³/mol. The van der Waals surface area contributed by atoms with E-state index in [9.17, 15) is 9.59 Å². The van der Waals surface area contributed by atoms with Crippen LogP contribution in [0.2, 0.25) is 0 Å². The molecule has 132 valence electrons. The molecule has 7 heteroatoms. The minimum absolute atomic E-state index is 0.111. The van der Waals surface area contributed by atoms with Gasteiger partial charge in [0.2, 0.25) is 5.91 Å². The van der Waals surface area contributed by atoms with E-state index in [2.05, 4.69) is 10.3 Å². The van der Waals surface area contributed by atoms with Gasteiger partial charge < -0.3 is 10.5 Å². The Labute approximate surface area is 150 Å². The van der Waals surface area contributed by atoms with Crippen LogP contribution >= 0.6 is 11.3 Å². The fourth-order valence-corrected chi connectivity index (χ4v) is 3.84. The first-order valence-electron chi connectivity index (χ1n) is 8.43. The highest BCUT2D eigenvalue weighted by molar-refractivity contribution is 7.15. The van der Waals surface area contributed by atoms with Crippen LogP contribution in [-0.4, -0.2) is 23.4 Å². The first-order chi connectivity index (χ1) is 12.1. The molecule has 1 aromatic carbocycles. The summed E-state index contributed by atoms with van der Waals surface area (Å²) in [4.78, 5) is 28.9. The van der Waals surface area contributed by atoms with Gasteiger partial charge in [0.25, 0.3) is 5.91 Å². The number of carbonyl (C=O) groups excluding carboxylic acids is 2.